The lowest BCUT2D eigenvalue weighted by Gasteiger charge is -2.38. The molecule has 1 saturated carbocycles. The van der Waals surface area contributed by atoms with Crippen LogP contribution >= 0.6 is 0 Å². The van der Waals surface area contributed by atoms with E-state index in [4.69, 9.17) is 0 Å². The Bertz CT molecular complexity index is 478. The summed E-state index contributed by atoms with van der Waals surface area (Å²) in [6, 6.07) is 11.0. The summed E-state index contributed by atoms with van der Waals surface area (Å²) >= 11 is 0. The second-order valence-electron chi connectivity index (χ2n) is 5.11. The highest BCUT2D eigenvalue weighted by molar-refractivity contribution is 5.46. The minimum absolute atomic E-state index is 0.263. The summed E-state index contributed by atoms with van der Waals surface area (Å²) in [7, 11) is 0. The molecule has 0 unspecified atom stereocenters. The zero-order chi connectivity index (χ0) is 15.6. The van der Waals surface area contributed by atoms with Crippen molar-refractivity contribution in [2.75, 3.05) is 0 Å². The van der Waals surface area contributed by atoms with Crippen molar-refractivity contribution >= 4 is 0 Å². The third kappa shape index (κ3) is 3.99. The van der Waals surface area contributed by atoms with Gasteiger partial charge in [0, 0.05) is 5.41 Å². The van der Waals surface area contributed by atoms with Gasteiger partial charge in [-0.3, -0.25) is 0 Å². The van der Waals surface area contributed by atoms with E-state index in [1.54, 1.807) is 0 Å². The van der Waals surface area contributed by atoms with E-state index in [1.807, 2.05) is 27.7 Å². The van der Waals surface area contributed by atoms with Crippen LogP contribution in [-0.4, -0.2) is 0 Å². The zero-order valence-corrected chi connectivity index (χ0v) is 14.2. The van der Waals surface area contributed by atoms with Crippen LogP contribution in [0.1, 0.15) is 65.4 Å². The van der Waals surface area contributed by atoms with Gasteiger partial charge >= 0.3 is 0 Å². The van der Waals surface area contributed by atoms with Gasteiger partial charge in [-0.2, -0.15) is 0 Å². The van der Waals surface area contributed by atoms with E-state index in [2.05, 4.69) is 54.3 Å². The molecular formula is C21H30. The van der Waals surface area contributed by atoms with Crippen LogP contribution < -0.4 is 0 Å². The first-order valence-corrected chi connectivity index (χ1v) is 8.61. The highest BCUT2D eigenvalue weighted by Crippen LogP contribution is 2.46. The molecule has 0 spiro atoms. The molecule has 1 aromatic carbocycles. The van der Waals surface area contributed by atoms with Crippen LogP contribution in [0.4, 0.5) is 0 Å². The lowest BCUT2D eigenvalue weighted by molar-refractivity contribution is 0.345. The summed E-state index contributed by atoms with van der Waals surface area (Å²) in [4.78, 5) is 0. The topological polar surface area (TPSA) is 0 Å². The van der Waals surface area contributed by atoms with Gasteiger partial charge in [0.2, 0.25) is 0 Å². The van der Waals surface area contributed by atoms with Gasteiger partial charge in [0.1, 0.15) is 0 Å². The minimum Gasteiger partial charge on any atom is -0.120 e. The summed E-state index contributed by atoms with van der Waals surface area (Å²) in [5.74, 6) is 0. The molecule has 0 bridgehead atoms. The first kappa shape index (κ1) is 17.5. The predicted molar refractivity (Wildman–Crippen MR) is 94.6 cm³/mol. The molecule has 0 nitrogen and oxygen atoms in total. The average Bonchev–Trinajstić information content (AvgIpc) is 3.15. The molecule has 0 aliphatic heterocycles. The van der Waals surface area contributed by atoms with Gasteiger partial charge in [-0.1, -0.05) is 77.3 Å². The number of benzene rings is 1. The Kier molecular flexibility index (Phi) is 7.87. The molecule has 21 heavy (non-hydrogen) atoms. The van der Waals surface area contributed by atoms with Gasteiger partial charge in [-0.15, -0.1) is 5.73 Å². The zero-order valence-electron chi connectivity index (χ0n) is 14.2. The maximum atomic E-state index is 3.22. The SMILES string of the molecule is C1=CC=C(C2(c3ccccc3)CCCCC2)C=1.CC.CC. The van der Waals surface area contributed by atoms with Gasteiger partial charge in [0.15, 0.2) is 0 Å². The third-order valence-corrected chi connectivity index (χ3v) is 4.18. The molecule has 0 radical (unpaired) electrons. The van der Waals surface area contributed by atoms with E-state index in [1.165, 1.54) is 43.2 Å². The van der Waals surface area contributed by atoms with Crippen molar-refractivity contribution in [1.29, 1.82) is 0 Å². The fourth-order valence-corrected chi connectivity index (χ4v) is 3.28. The van der Waals surface area contributed by atoms with Crippen LogP contribution in [0.2, 0.25) is 0 Å². The largest absolute Gasteiger partial charge is 0.120 e. The summed E-state index contributed by atoms with van der Waals surface area (Å²) < 4.78 is 0. The van der Waals surface area contributed by atoms with Crippen LogP contribution in [0.3, 0.4) is 0 Å². The molecule has 1 fully saturated rings. The molecule has 114 valence electrons. The summed E-state index contributed by atoms with van der Waals surface area (Å²) in [6.07, 6.45) is 13.1. The Morgan fingerprint density at radius 2 is 1.48 bits per heavy atom. The molecule has 0 amide bonds. The smallest absolute Gasteiger partial charge is 0.0209 e. The fraction of sp³-hybridized carbons (Fsp3) is 0.476. The number of hydrogen-bond donors (Lipinski definition) is 0. The van der Waals surface area contributed by atoms with Crippen molar-refractivity contribution in [3.8, 4) is 0 Å². The van der Waals surface area contributed by atoms with Crippen molar-refractivity contribution < 1.29 is 0 Å². The normalized spacial score (nSPS) is 18.0. The van der Waals surface area contributed by atoms with Crippen molar-refractivity contribution in [2.45, 2.75) is 65.2 Å². The van der Waals surface area contributed by atoms with Crippen LogP contribution in [0.25, 0.3) is 0 Å². The second-order valence-corrected chi connectivity index (χ2v) is 5.11. The monoisotopic (exact) mass is 282 g/mol. The van der Waals surface area contributed by atoms with Gasteiger partial charge in [-0.25, -0.2) is 0 Å². The summed E-state index contributed by atoms with van der Waals surface area (Å²) in [5.41, 5.74) is 6.43. The Morgan fingerprint density at radius 1 is 0.857 bits per heavy atom. The van der Waals surface area contributed by atoms with Crippen molar-refractivity contribution in [1.82, 2.24) is 0 Å². The van der Waals surface area contributed by atoms with Crippen molar-refractivity contribution in [3.63, 3.8) is 0 Å². The van der Waals surface area contributed by atoms with E-state index in [0.717, 1.165) is 0 Å². The molecular weight excluding hydrogens is 252 g/mol. The van der Waals surface area contributed by atoms with Gasteiger partial charge in [0.05, 0.1) is 0 Å². The molecule has 0 aromatic heterocycles. The van der Waals surface area contributed by atoms with E-state index >= 15 is 0 Å². The average molecular weight is 282 g/mol. The van der Waals surface area contributed by atoms with E-state index in [9.17, 15) is 0 Å². The lowest BCUT2D eigenvalue weighted by atomic mass is 9.65. The fourth-order valence-electron chi connectivity index (χ4n) is 3.28. The van der Waals surface area contributed by atoms with Gasteiger partial charge < -0.3 is 0 Å². The van der Waals surface area contributed by atoms with Gasteiger partial charge in [0.25, 0.3) is 0 Å². The minimum atomic E-state index is 0.263. The molecule has 2 aliphatic rings. The quantitative estimate of drug-likeness (QED) is 0.536. The predicted octanol–water partition coefficient (Wildman–Crippen LogP) is 6.59. The number of hydrogen-bond acceptors (Lipinski definition) is 0. The van der Waals surface area contributed by atoms with Gasteiger partial charge in [-0.05, 0) is 42.2 Å². The first-order valence-electron chi connectivity index (χ1n) is 8.61. The maximum Gasteiger partial charge on any atom is 0.0209 e. The second kappa shape index (κ2) is 9.42. The summed E-state index contributed by atoms with van der Waals surface area (Å²) in [6.45, 7) is 8.00. The van der Waals surface area contributed by atoms with E-state index in [-0.39, 0.29) is 5.41 Å². The Labute approximate surface area is 131 Å². The molecule has 3 rings (SSSR count). The molecule has 0 atom stereocenters. The molecule has 0 heteroatoms. The standard InChI is InChI=1S/C17H18.2C2H6/c1-3-9-15(10-4-1)17(13-7-2-8-14-17)16-11-5-6-12-16;2*1-2/h1,3-5,9-12H,2,7-8,13-14H2;2*1-2H3. The van der Waals surface area contributed by atoms with E-state index in [0.29, 0.717) is 0 Å². The number of rotatable bonds is 2. The van der Waals surface area contributed by atoms with Crippen LogP contribution in [0, 0.1) is 0 Å². The Morgan fingerprint density at radius 3 is 2.00 bits per heavy atom. The van der Waals surface area contributed by atoms with Crippen molar-refractivity contribution in [3.05, 3.63) is 65.4 Å². The Balaban J connectivity index is 0.000000510. The van der Waals surface area contributed by atoms with Crippen molar-refractivity contribution in [2.24, 2.45) is 0 Å². The first-order chi connectivity index (χ1) is 10.4. The molecule has 0 heterocycles. The number of allylic oxidation sites excluding steroid dienone is 3. The maximum absolute atomic E-state index is 3.22. The van der Waals surface area contributed by atoms with E-state index < -0.39 is 0 Å². The molecule has 0 saturated heterocycles. The highest BCUT2D eigenvalue weighted by atomic mass is 14.4. The Hall–Kier alpha value is -1.52. The molecule has 0 N–H and O–H groups in total. The van der Waals surface area contributed by atoms with Crippen LogP contribution in [0.15, 0.2) is 59.9 Å². The lowest BCUT2D eigenvalue weighted by Crippen LogP contribution is -2.30. The highest BCUT2D eigenvalue weighted by Gasteiger charge is 2.36. The summed E-state index contributed by atoms with van der Waals surface area (Å²) in [5, 5.41) is 0. The molecule has 1 aromatic rings. The molecule has 2 aliphatic carbocycles. The third-order valence-electron chi connectivity index (χ3n) is 4.18. The van der Waals surface area contributed by atoms with Crippen LogP contribution in [0.5, 0.6) is 0 Å². The van der Waals surface area contributed by atoms with Crippen LogP contribution in [-0.2, 0) is 5.41 Å².